The molecule has 2 aromatic carbocycles. The number of rotatable bonds is 5. The van der Waals surface area contributed by atoms with Crippen molar-refractivity contribution in [2.75, 3.05) is 23.8 Å². The van der Waals surface area contributed by atoms with Gasteiger partial charge >= 0.3 is 6.03 Å². The zero-order valence-electron chi connectivity index (χ0n) is 15.7. The summed E-state index contributed by atoms with van der Waals surface area (Å²) in [6.45, 7) is 5.64. The fraction of sp³-hybridized carbons (Fsp3) is 0.333. The van der Waals surface area contributed by atoms with E-state index in [0.717, 1.165) is 18.5 Å². The Bertz CT molecular complexity index is 835. The molecule has 0 saturated carbocycles. The second-order valence-electron chi connectivity index (χ2n) is 6.41. The third-order valence-corrected chi connectivity index (χ3v) is 4.57. The number of anilines is 2. The number of nitrogens with one attached hydrogen (secondary N) is 2. The van der Waals surface area contributed by atoms with Crippen LogP contribution in [0.2, 0.25) is 0 Å². The van der Waals surface area contributed by atoms with E-state index in [0.29, 0.717) is 36.7 Å². The first-order chi connectivity index (χ1) is 13.1. The third-order valence-electron chi connectivity index (χ3n) is 4.57. The first-order valence-electron chi connectivity index (χ1n) is 9.30. The smallest absolute Gasteiger partial charge is 0.323 e. The molecule has 0 aromatic heterocycles. The lowest BCUT2D eigenvalue weighted by Crippen LogP contribution is -2.35. The molecular formula is C21H25N3O3. The number of hydrogen-bond acceptors (Lipinski definition) is 3. The molecule has 27 heavy (non-hydrogen) atoms. The van der Waals surface area contributed by atoms with Gasteiger partial charge in [0.15, 0.2) is 0 Å². The fourth-order valence-corrected chi connectivity index (χ4v) is 3.21. The maximum atomic E-state index is 12.4. The Morgan fingerprint density at radius 3 is 2.67 bits per heavy atom. The van der Waals surface area contributed by atoms with Crippen molar-refractivity contribution in [3.8, 4) is 5.75 Å². The molecular weight excluding hydrogens is 342 g/mol. The van der Waals surface area contributed by atoms with Gasteiger partial charge in [-0.25, -0.2) is 4.79 Å². The molecule has 0 bridgehead atoms. The number of carbonyl (C=O) groups is 2. The molecule has 1 aliphatic heterocycles. The van der Waals surface area contributed by atoms with Gasteiger partial charge in [-0.05, 0) is 48.7 Å². The zero-order valence-corrected chi connectivity index (χ0v) is 15.7. The molecule has 1 aliphatic rings. The van der Waals surface area contributed by atoms with Gasteiger partial charge in [0, 0.05) is 25.2 Å². The van der Waals surface area contributed by atoms with Crippen LogP contribution in [-0.2, 0) is 17.8 Å². The fourth-order valence-electron chi connectivity index (χ4n) is 3.21. The standard InChI is InChI=1S/C21H25N3O3/c1-3-20(25)24-12-11-15-9-10-17(13-16(15)14-24)22-21(26)23-18-7-5-6-8-19(18)27-4-2/h5-10,13H,3-4,11-12,14H2,1-2H3,(H2,22,23,26). The molecule has 0 unspecified atom stereocenters. The Morgan fingerprint density at radius 2 is 1.89 bits per heavy atom. The van der Waals surface area contributed by atoms with Gasteiger partial charge in [0.25, 0.3) is 0 Å². The number of hydrogen-bond donors (Lipinski definition) is 2. The van der Waals surface area contributed by atoms with Crippen LogP contribution in [0.4, 0.5) is 16.2 Å². The second kappa shape index (κ2) is 8.58. The van der Waals surface area contributed by atoms with E-state index in [-0.39, 0.29) is 11.9 Å². The van der Waals surface area contributed by atoms with Gasteiger partial charge in [0.1, 0.15) is 5.75 Å². The van der Waals surface area contributed by atoms with Crippen LogP contribution in [0.5, 0.6) is 5.75 Å². The van der Waals surface area contributed by atoms with Crippen LogP contribution in [0.1, 0.15) is 31.4 Å². The van der Waals surface area contributed by atoms with E-state index in [1.54, 1.807) is 6.07 Å². The van der Waals surface area contributed by atoms with E-state index in [1.807, 2.05) is 55.1 Å². The van der Waals surface area contributed by atoms with Crippen molar-refractivity contribution < 1.29 is 14.3 Å². The highest BCUT2D eigenvalue weighted by atomic mass is 16.5. The topological polar surface area (TPSA) is 70.7 Å². The van der Waals surface area contributed by atoms with E-state index in [1.165, 1.54) is 5.56 Å². The third kappa shape index (κ3) is 4.58. The van der Waals surface area contributed by atoms with Crippen LogP contribution >= 0.6 is 0 Å². The van der Waals surface area contributed by atoms with Gasteiger partial charge < -0.3 is 20.3 Å². The molecule has 1 heterocycles. The van der Waals surface area contributed by atoms with Crippen molar-refractivity contribution >= 4 is 23.3 Å². The molecule has 0 radical (unpaired) electrons. The largest absolute Gasteiger partial charge is 0.492 e. The minimum atomic E-state index is -0.334. The van der Waals surface area contributed by atoms with Crippen LogP contribution < -0.4 is 15.4 Å². The van der Waals surface area contributed by atoms with Gasteiger partial charge in [0.2, 0.25) is 5.91 Å². The molecule has 0 fully saturated rings. The molecule has 3 rings (SSSR count). The lowest BCUT2D eigenvalue weighted by molar-refractivity contribution is -0.131. The summed E-state index contributed by atoms with van der Waals surface area (Å²) in [5.41, 5.74) is 3.62. The van der Waals surface area contributed by atoms with E-state index in [9.17, 15) is 9.59 Å². The van der Waals surface area contributed by atoms with Crippen molar-refractivity contribution in [2.45, 2.75) is 33.2 Å². The summed E-state index contributed by atoms with van der Waals surface area (Å²) in [4.78, 5) is 26.2. The summed E-state index contributed by atoms with van der Waals surface area (Å²) >= 11 is 0. The Hall–Kier alpha value is -3.02. The molecule has 0 saturated heterocycles. The maximum Gasteiger partial charge on any atom is 0.323 e. The minimum Gasteiger partial charge on any atom is -0.492 e. The van der Waals surface area contributed by atoms with Gasteiger partial charge in [0.05, 0.1) is 12.3 Å². The SMILES string of the molecule is CCOc1ccccc1NC(=O)Nc1ccc2c(c1)CN(C(=O)CC)CC2. The van der Waals surface area contributed by atoms with Crippen molar-refractivity contribution in [1.29, 1.82) is 0 Å². The highest BCUT2D eigenvalue weighted by Crippen LogP contribution is 2.25. The summed E-state index contributed by atoms with van der Waals surface area (Å²) < 4.78 is 5.53. The summed E-state index contributed by atoms with van der Waals surface area (Å²) in [7, 11) is 0. The minimum absolute atomic E-state index is 0.157. The van der Waals surface area contributed by atoms with Crippen LogP contribution in [0.3, 0.4) is 0 Å². The highest BCUT2D eigenvalue weighted by molar-refractivity contribution is 6.00. The van der Waals surface area contributed by atoms with Crippen molar-refractivity contribution in [2.24, 2.45) is 0 Å². The van der Waals surface area contributed by atoms with Gasteiger partial charge in [-0.3, -0.25) is 4.79 Å². The Balaban J connectivity index is 1.68. The monoisotopic (exact) mass is 367 g/mol. The lowest BCUT2D eigenvalue weighted by atomic mass is 9.99. The molecule has 0 spiro atoms. The van der Waals surface area contributed by atoms with Crippen molar-refractivity contribution in [3.05, 3.63) is 53.6 Å². The second-order valence-corrected chi connectivity index (χ2v) is 6.41. The van der Waals surface area contributed by atoms with E-state index < -0.39 is 0 Å². The Labute approximate surface area is 159 Å². The van der Waals surface area contributed by atoms with E-state index in [4.69, 9.17) is 4.74 Å². The Morgan fingerprint density at radius 1 is 1.07 bits per heavy atom. The number of fused-ring (bicyclic) bond motifs is 1. The summed E-state index contributed by atoms with van der Waals surface area (Å²) in [5.74, 6) is 0.790. The molecule has 6 heteroatoms. The number of urea groups is 1. The van der Waals surface area contributed by atoms with Gasteiger partial charge in [-0.15, -0.1) is 0 Å². The predicted molar refractivity (Wildman–Crippen MR) is 106 cm³/mol. The maximum absolute atomic E-state index is 12.4. The first-order valence-corrected chi connectivity index (χ1v) is 9.30. The molecule has 0 aliphatic carbocycles. The average molecular weight is 367 g/mol. The highest BCUT2D eigenvalue weighted by Gasteiger charge is 2.20. The van der Waals surface area contributed by atoms with E-state index in [2.05, 4.69) is 10.6 Å². The predicted octanol–water partition coefficient (Wildman–Crippen LogP) is 4.02. The van der Waals surface area contributed by atoms with Gasteiger partial charge in [-0.1, -0.05) is 25.1 Å². The lowest BCUT2D eigenvalue weighted by Gasteiger charge is -2.29. The first kappa shape index (κ1) is 18.8. The molecule has 142 valence electrons. The Kier molecular flexibility index (Phi) is 5.96. The quantitative estimate of drug-likeness (QED) is 0.838. The molecule has 0 atom stereocenters. The van der Waals surface area contributed by atoms with Crippen LogP contribution in [0, 0.1) is 0 Å². The van der Waals surface area contributed by atoms with E-state index >= 15 is 0 Å². The van der Waals surface area contributed by atoms with Crippen LogP contribution in [0.15, 0.2) is 42.5 Å². The van der Waals surface area contributed by atoms with Gasteiger partial charge in [-0.2, -0.15) is 0 Å². The molecule has 2 aromatic rings. The summed E-state index contributed by atoms with van der Waals surface area (Å²) in [6.07, 6.45) is 1.35. The average Bonchev–Trinajstić information content (AvgIpc) is 2.68. The number of benzene rings is 2. The number of amides is 3. The van der Waals surface area contributed by atoms with Crippen molar-refractivity contribution in [3.63, 3.8) is 0 Å². The number of carbonyl (C=O) groups excluding carboxylic acids is 2. The molecule has 3 amide bonds. The molecule has 2 N–H and O–H groups in total. The zero-order chi connectivity index (χ0) is 19.2. The normalized spacial score (nSPS) is 12.9. The molecule has 6 nitrogen and oxygen atoms in total. The number of para-hydroxylation sites is 2. The number of nitrogens with zero attached hydrogens (tertiary/aromatic N) is 1. The van der Waals surface area contributed by atoms with Crippen molar-refractivity contribution in [1.82, 2.24) is 4.90 Å². The summed E-state index contributed by atoms with van der Waals surface area (Å²) in [5, 5.41) is 5.68. The summed E-state index contributed by atoms with van der Waals surface area (Å²) in [6, 6.07) is 12.8. The van der Waals surface area contributed by atoms with Crippen LogP contribution in [-0.4, -0.2) is 30.0 Å². The van der Waals surface area contributed by atoms with Crippen LogP contribution in [0.25, 0.3) is 0 Å². The number of ether oxygens (including phenoxy) is 1.